The maximum absolute atomic E-state index is 11.7. The Morgan fingerprint density at radius 3 is 2.71 bits per heavy atom. The lowest BCUT2D eigenvalue weighted by Crippen LogP contribution is -2.20. The Morgan fingerprint density at radius 2 is 2.00 bits per heavy atom. The molecule has 1 aliphatic carbocycles. The van der Waals surface area contributed by atoms with Crippen molar-refractivity contribution in [2.75, 3.05) is 5.32 Å². The van der Waals surface area contributed by atoms with Gasteiger partial charge in [-0.3, -0.25) is 5.32 Å². The molecule has 2 rings (SSSR count). The lowest BCUT2D eigenvalue weighted by atomic mass is 10.3. The number of halogens is 2. The van der Waals surface area contributed by atoms with Gasteiger partial charge in [-0.15, -0.1) is 0 Å². The van der Waals surface area contributed by atoms with Crippen molar-refractivity contribution in [3.63, 3.8) is 0 Å². The average Bonchev–Trinajstić information content (AvgIpc) is 2.76. The fourth-order valence-corrected chi connectivity index (χ4v) is 2.60. The quantitative estimate of drug-likeness (QED) is 0.827. The van der Waals surface area contributed by atoms with E-state index in [1.165, 1.54) is 0 Å². The van der Waals surface area contributed by atoms with E-state index in [1.54, 1.807) is 0 Å². The third-order valence-electron chi connectivity index (χ3n) is 2.74. The summed E-state index contributed by atoms with van der Waals surface area (Å²) in [5, 5.41) is 2.74. The van der Waals surface area contributed by atoms with Gasteiger partial charge in [0.25, 0.3) is 0 Å². The molecule has 1 N–H and O–H groups in total. The average molecular weight is 363 g/mol. The normalized spacial score (nSPS) is 15.9. The largest absolute Gasteiger partial charge is 0.446 e. The van der Waals surface area contributed by atoms with E-state index in [0.29, 0.717) is 5.69 Å². The predicted octanol–water partition coefficient (Wildman–Crippen LogP) is 4.70. The number of ether oxygens (including phenoxy) is 1. The Labute approximate surface area is 117 Å². The zero-order valence-corrected chi connectivity index (χ0v) is 12.4. The van der Waals surface area contributed by atoms with Crippen LogP contribution in [0.4, 0.5) is 10.5 Å². The van der Waals surface area contributed by atoms with E-state index in [1.807, 2.05) is 18.2 Å². The van der Waals surface area contributed by atoms with E-state index >= 15 is 0 Å². The van der Waals surface area contributed by atoms with Crippen LogP contribution in [0.5, 0.6) is 0 Å². The van der Waals surface area contributed by atoms with Crippen LogP contribution in [-0.4, -0.2) is 12.2 Å². The van der Waals surface area contributed by atoms with E-state index < -0.39 is 0 Å². The number of hydrogen-bond donors (Lipinski definition) is 1. The topological polar surface area (TPSA) is 38.3 Å². The van der Waals surface area contributed by atoms with Gasteiger partial charge in [0.1, 0.15) is 6.10 Å². The summed E-state index contributed by atoms with van der Waals surface area (Å²) in [5.41, 5.74) is 0.711. The van der Waals surface area contributed by atoms with Crippen LogP contribution in [-0.2, 0) is 4.74 Å². The number of carbonyl (C=O) groups excluding carboxylic acids is 1. The highest BCUT2D eigenvalue weighted by atomic mass is 79.9. The minimum absolute atomic E-state index is 0.0842. The van der Waals surface area contributed by atoms with Crippen molar-refractivity contribution in [1.29, 1.82) is 0 Å². The zero-order valence-electron chi connectivity index (χ0n) is 9.21. The van der Waals surface area contributed by atoms with Crippen molar-refractivity contribution in [1.82, 2.24) is 0 Å². The molecule has 0 saturated heterocycles. The molecule has 1 amide bonds. The summed E-state index contributed by atoms with van der Waals surface area (Å²) >= 11 is 6.74. The number of rotatable bonds is 2. The number of nitrogens with one attached hydrogen (secondary N) is 1. The molecule has 5 heteroatoms. The van der Waals surface area contributed by atoms with Crippen LogP contribution >= 0.6 is 31.9 Å². The molecule has 0 aromatic heterocycles. The summed E-state index contributed by atoms with van der Waals surface area (Å²) in [6.45, 7) is 0. The van der Waals surface area contributed by atoms with E-state index in [0.717, 1.165) is 34.6 Å². The van der Waals surface area contributed by atoms with Gasteiger partial charge in [0, 0.05) is 8.95 Å². The molecular weight excluding hydrogens is 350 g/mol. The minimum atomic E-state index is -0.379. The second-order valence-electron chi connectivity index (χ2n) is 4.06. The van der Waals surface area contributed by atoms with Gasteiger partial charge < -0.3 is 4.74 Å². The van der Waals surface area contributed by atoms with Crippen LogP contribution in [0.15, 0.2) is 27.1 Å². The summed E-state index contributed by atoms with van der Waals surface area (Å²) < 4.78 is 7.07. The van der Waals surface area contributed by atoms with Crippen molar-refractivity contribution in [2.45, 2.75) is 31.8 Å². The van der Waals surface area contributed by atoms with Crippen LogP contribution in [0.3, 0.4) is 0 Å². The highest BCUT2D eigenvalue weighted by molar-refractivity contribution is 9.11. The maximum Gasteiger partial charge on any atom is 0.411 e. The Kier molecular flexibility index (Phi) is 4.45. The van der Waals surface area contributed by atoms with Gasteiger partial charge in [0.15, 0.2) is 0 Å². The summed E-state index contributed by atoms with van der Waals surface area (Å²) in [6, 6.07) is 5.60. The van der Waals surface area contributed by atoms with Gasteiger partial charge in [0.2, 0.25) is 0 Å². The zero-order chi connectivity index (χ0) is 12.3. The van der Waals surface area contributed by atoms with Gasteiger partial charge in [-0.25, -0.2) is 4.79 Å². The van der Waals surface area contributed by atoms with Gasteiger partial charge >= 0.3 is 6.09 Å². The molecule has 0 bridgehead atoms. The number of amides is 1. The molecule has 0 unspecified atom stereocenters. The van der Waals surface area contributed by atoms with Crippen molar-refractivity contribution >= 4 is 43.6 Å². The SMILES string of the molecule is O=C(Nc1cc(Br)ccc1Br)OC1CCCC1. The summed E-state index contributed by atoms with van der Waals surface area (Å²) in [7, 11) is 0. The first-order valence-corrected chi connectivity index (χ1v) is 7.16. The first kappa shape index (κ1) is 12.9. The van der Waals surface area contributed by atoms with Gasteiger partial charge in [-0.2, -0.15) is 0 Å². The van der Waals surface area contributed by atoms with Crippen LogP contribution < -0.4 is 5.32 Å². The number of carbonyl (C=O) groups is 1. The van der Waals surface area contributed by atoms with Gasteiger partial charge in [-0.1, -0.05) is 15.9 Å². The Bertz CT molecular complexity index is 417. The summed E-state index contributed by atoms with van der Waals surface area (Å²) in [6.07, 6.45) is 3.97. The molecule has 0 atom stereocenters. The maximum atomic E-state index is 11.7. The van der Waals surface area contributed by atoms with Crippen LogP contribution in [0.2, 0.25) is 0 Å². The molecule has 1 saturated carbocycles. The second kappa shape index (κ2) is 5.87. The highest BCUT2D eigenvalue weighted by Gasteiger charge is 2.19. The molecule has 1 aromatic rings. The smallest absolute Gasteiger partial charge is 0.411 e. The minimum Gasteiger partial charge on any atom is -0.446 e. The molecule has 1 aliphatic rings. The lowest BCUT2D eigenvalue weighted by Gasteiger charge is -2.13. The van der Waals surface area contributed by atoms with E-state index in [9.17, 15) is 4.79 Å². The molecule has 1 aromatic carbocycles. The fourth-order valence-electron chi connectivity index (χ4n) is 1.89. The van der Waals surface area contributed by atoms with Crippen LogP contribution in [0, 0.1) is 0 Å². The molecule has 0 aliphatic heterocycles. The lowest BCUT2D eigenvalue weighted by molar-refractivity contribution is 0.114. The highest BCUT2D eigenvalue weighted by Crippen LogP contribution is 2.27. The van der Waals surface area contributed by atoms with Crippen LogP contribution in [0.25, 0.3) is 0 Å². The van der Waals surface area contributed by atoms with Crippen molar-refractivity contribution in [2.24, 2.45) is 0 Å². The first-order chi connectivity index (χ1) is 8.15. The Hall–Kier alpha value is -0.550. The van der Waals surface area contributed by atoms with E-state index in [2.05, 4.69) is 37.2 Å². The van der Waals surface area contributed by atoms with Gasteiger partial charge in [-0.05, 0) is 59.8 Å². The van der Waals surface area contributed by atoms with Crippen molar-refractivity contribution < 1.29 is 9.53 Å². The fraction of sp³-hybridized carbons (Fsp3) is 0.417. The molecule has 17 heavy (non-hydrogen) atoms. The molecule has 3 nitrogen and oxygen atoms in total. The number of benzene rings is 1. The molecule has 0 radical (unpaired) electrons. The predicted molar refractivity (Wildman–Crippen MR) is 74.2 cm³/mol. The van der Waals surface area contributed by atoms with Crippen molar-refractivity contribution in [3.8, 4) is 0 Å². The third kappa shape index (κ3) is 3.71. The molecule has 0 spiro atoms. The standard InChI is InChI=1S/C12H13Br2NO2/c13-8-5-6-10(14)11(7-8)15-12(16)17-9-3-1-2-4-9/h5-7,9H,1-4H2,(H,15,16). The number of hydrogen-bond acceptors (Lipinski definition) is 2. The molecule has 92 valence electrons. The van der Waals surface area contributed by atoms with E-state index in [4.69, 9.17) is 4.74 Å². The van der Waals surface area contributed by atoms with Crippen molar-refractivity contribution in [3.05, 3.63) is 27.1 Å². The van der Waals surface area contributed by atoms with E-state index in [-0.39, 0.29) is 12.2 Å². The number of anilines is 1. The summed E-state index contributed by atoms with van der Waals surface area (Å²) in [5.74, 6) is 0. The summed E-state index contributed by atoms with van der Waals surface area (Å²) in [4.78, 5) is 11.7. The molecule has 1 fully saturated rings. The Balaban J connectivity index is 1.95. The monoisotopic (exact) mass is 361 g/mol. The first-order valence-electron chi connectivity index (χ1n) is 5.58. The van der Waals surface area contributed by atoms with Crippen LogP contribution in [0.1, 0.15) is 25.7 Å². The van der Waals surface area contributed by atoms with Gasteiger partial charge in [0.05, 0.1) is 5.69 Å². The third-order valence-corrected chi connectivity index (χ3v) is 3.93. The molecule has 0 heterocycles. The second-order valence-corrected chi connectivity index (χ2v) is 5.83. The molecular formula is C12H13Br2NO2. The Morgan fingerprint density at radius 1 is 1.29 bits per heavy atom.